The second-order valence-electron chi connectivity index (χ2n) is 8.08. The molecule has 0 amide bonds. The van der Waals surface area contributed by atoms with Crippen LogP contribution in [0.4, 0.5) is 11.5 Å². The normalized spacial score (nSPS) is 18.0. The van der Waals surface area contributed by atoms with Gasteiger partial charge >= 0.3 is 0 Å². The van der Waals surface area contributed by atoms with Gasteiger partial charge in [0, 0.05) is 70.1 Å². The average Bonchev–Trinajstić information content (AvgIpc) is 3.46. The maximum Gasteiger partial charge on any atom is 0.139 e. The number of piperazine rings is 1. The molecule has 0 radical (unpaired) electrons. The van der Waals surface area contributed by atoms with E-state index in [4.69, 9.17) is 0 Å². The van der Waals surface area contributed by atoms with Crippen LogP contribution in [0.25, 0.3) is 10.9 Å². The lowest BCUT2D eigenvalue weighted by Gasteiger charge is -2.36. The summed E-state index contributed by atoms with van der Waals surface area (Å²) in [5, 5.41) is 1.11. The molecule has 28 heavy (non-hydrogen) atoms. The van der Waals surface area contributed by atoms with Crippen molar-refractivity contribution in [2.75, 3.05) is 50.1 Å². The van der Waals surface area contributed by atoms with Crippen LogP contribution in [0.2, 0.25) is 0 Å². The lowest BCUT2D eigenvalue weighted by Crippen LogP contribution is -2.46. The second kappa shape index (κ2) is 7.05. The van der Waals surface area contributed by atoms with E-state index in [0.29, 0.717) is 6.04 Å². The molecule has 3 aromatic rings. The molecule has 3 heterocycles. The quantitative estimate of drug-likeness (QED) is 0.681. The van der Waals surface area contributed by atoms with E-state index in [0.717, 1.165) is 49.4 Å². The standard InChI is InChI=1S/C21H27N7/c1-25(2)21-19-11-17(5-6-20(19)23-14-24-21)27-9-7-26(8-10-27)13-18-12-22-15-28(18)16-3-4-16/h5-6,11-12,14-16H,3-4,7-10,13H2,1-2H3. The molecule has 146 valence electrons. The first kappa shape index (κ1) is 17.4. The monoisotopic (exact) mass is 377 g/mol. The molecule has 1 saturated carbocycles. The lowest BCUT2D eigenvalue weighted by molar-refractivity contribution is 0.244. The number of hydrogen-bond acceptors (Lipinski definition) is 6. The van der Waals surface area contributed by atoms with E-state index in [2.05, 4.69) is 52.4 Å². The number of nitrogens with zero attached hydrogens (tertiary/aromatic N) is 7. The van der Waals surface area contributed by atoms with Crippen molar-refractivity contribution < 1.29 is 0 Å². The maximum atomic E-state index is 4.45. The summed E-state index contributed by atoms with van der Waals surface area (Å²) < 4.78 is 2.37. The Balaban J connectivity index is 1.28. The van der Waals surface area contributed by atoms with Crippen LogP contribution in [-0.4, -0.2) is 64.7 Å². The number of fused-ring (bicyclic) bond motifs is 1. The van der Waals surface area contributed by atoms with Crippen LogP contribution in [0.5, 0.6) is 0 Å². The van der Waals surface area contributed by atoms with Crippen molar-refractivity contribution in [1.82, 2.24) is 24.4 Å². The molecule has 2 aromatic heterocycles. The van der Waals surface area contributed by atoms with Gasteiger partial charge in [-0.05, 0) is 31.0 Å². The molecular weight excluding hydrogens is 350 g/mol. The number of hydrogen-bond donors (Lipinski definition) is 0. The zero-order valence-corrected chi connectivity index (χ0v) is 16.6. The highest BCUT2D eigenvalue weighted by Crippen LogP contribution is 2.36. The van der Waals surface area contributed by atoms with E-state index in [1.54, 1.807) is 6.33 Å². The minimum Gasteiger partial charge on any atom is -0.369 e. The molecule has 0 bridgehead atoms. The summed E-state index contributed by atoms with van der Waals surface area (Å²) in [6, 6.07) is 7.24. The molecule has 1 saturated heterocycles. The maximum absolute atomic E-state index is 4.45. The van der Waals surface area contributed by atoms with Crippen molar-refractivity contribution in [1.29, 1.82) is 0 Å². The van der Waals surface area contributed by atoms with Gasteiger partial charge in [-0.25, -0.2) is 15.0 Å². The average molecular weight is 377 g/mol. The zero-order chi connectivity index (χ0) is 19.1. The zero-order valence-electron chi connectivity index (χ0n) is 16.6. The molecule has 1 aliphatic carbocycles. The minimum absolute atomic E-state index is 0.699. The number of rotatable bonds is 5. The minimum atomic E-state index is 0.699. The molecule has 0 unspecified atom stereocenters. The van der Waals surface area contributed by atoms with E-state index in [1.165, 1.54) is 24.2 Å². The van der Waals surface area contributed by atoms with Gasteiger partial charge in [0.25, 0.3) is 0 Å². The Hall–Kier alpha value is -2.67. The fourth-order valence-electron chi connectivity index (χ4n) is 4.11. The molecule has 0 N–H and O–H groups in total. The van der Waals surface area contributed by atoms with Crippen LogP contribution >= 0.6 is 0 Å². The largest absolute Gasteiger partial charge is 0.369 e. The Morgan fingerprint density at radius 3 is 2.64 bits per heavy atom. The fourth-order valence-corrected chi connectivity index (χ4v) is 4.11. The predicted molar refractivity (Wildman–Crippen MR) is 112 cm³/mol. The first-order valence-electron chi connectivity index (χ1n) is 10.1. The van der Waals surface area contributed by atoms with Gasteiger partial charge in [-0.15, -0.1) is 0 Å². The molecule has 5 rings (SSSR count). The molecule has 7 nitrogen and oxygen atoms in total. The predicted octanol–water partition coefficient (Wildman–Crippen LogP) is 2.55. The molecule has 0 atom stereocenters. The third-order valence-electron chi connectivity index (χ3n) is 5.83. The Labute approximate surface area is 165 Å². The van der Waals surface area contributed by atoms with E-state index in [9.17, 15) is 0 Å². The highest BCUT2D eigenvalue weighted by Gasteiger charge is 2.26. The Bertz CT molecular complexity index is 968. The molecule has 2 fully saturated rings. The number of benzene rings is 1. The van der Waals surface area contributed by atoms with E-state index in [1.807, 2.05) is 26.6 Å². The van der Waals surface area contributed by atoms with Gasteiger partial charge in [-0.3, -0.25) is 4.90 Å². The van der Waals surface area contributed by atoms with Crippen LogP contribution in [0, 0.1) is 0 Å². The highest BCUT2D eigenvalue weighted by atomic mass is 15.3. The molecule has 0 spiro atoms. The molecule has 2 aliphatic rings. The number of aromatic nitrogens is 4. The van der Waals surface area contributed by atoms with Gasteiger partial charge in [0.05, 0.1) is 17.5 Å². The van der Waals surface area contributed by atoms with Crippen LogP contribution in [0.15, 0.2) is 37.1 Å². The summed E-state index contributed by atoms with van der Waals surface area (Å²) in [6.45, 7) is 5.21. The van der Waals surface area contributed by atoms with Crippen molar-refractivity contribution in [2.24, 2.45) is 0 Å². The molecule has 1 aromatic carbocycles. The fraction of sp³-hybridized carbons (Fsp3) is 0.476. The van der Waals surface area contributed by atoms with Crippen LogP contribution in [0.1, 0.15) is 24.6 Å². The summed E-state index contributed by atoms with van der Waals surface area (Å²) in [5.74, 6) is 0.971. The van der Waals surface area contributed by atoms with Crippen molar-refractivity contribution in [2.45, 2.75) is 25.4 Å². The number of imidazole rings is 1. The van der Waals surface area contributed by atoms with Crippen molar-refractivity contribution >= 4 is 22.4 Å². The lowest BCUT2D eigenvalue weighted by atomic mass is 10.1. The smallest absolute Gasteiger partial charge is 0.139 e. The summed E-state index contributed by atoms with van der Waals surface area (Å²) in [5.41, 5.74) is 3.61. The van der Waals surface area contributed by atoms with Crippen LogP contribution in [0.3, 0.4) is 0 Å². The summed E-state index contributed by atoms with van der Waals surface area (Å²) >= 11 is 0. The van der Waals surface area contributed by atoms with Crippen LogP contribution < -0.4 is 9.80 Å². The van der Waals surface area contributed by atoms with E-state index in [-0.39, 0.29) is 0 Å². The van der Waals surface area contributed by atoms with E-state index < -0.39 is 0 Å². The first-order chi connectivity index (χ1) is 13.7. The molecule has 1 aliphatic heterocycles. The Kier molecular flexibility index (Phi) is 4.39. The second-order valence-corrected chi connectivity index (χ2v) is 8.08. The Morgan fingerprint density at radius 1 is 1.07 bits per heavy atom. The van der Waals surface area contributed by atoms with Crippen molar-refractivity contribution in [3.63, 3.8) is 0 Å². The van der Waals surface area contributed by atoms with Gasteiger partial charge in [0.2, 0.25) is 0 Å². The van der Waals surface area contributed by atoms with E-state index >= 15 is 0 Å². The third-order valence-corrected chi connectivity index (χ3v) is 5.83. The Morgan fingerprint density at radius 2 is 1.89 bits per heavy atom. The van der Waals surface area contributed by atoms with Gasteiger partial charge in [-0.2, -0.15) is 0 Å². The van der Waals surface area contributed by atoms with Gasteiger partial charge < -0.3 is 14.4 Å². The third kappa shape index (κ3) is 3.30. The van der Waals surface area contributed by atoms with Gasteiger partial charge in [0.15, 0.2) is 0 Å². The molecule has 7 heteroatoms. The number of anilines is 2. The summed E-state index contributed by atoms with van der Waals surface area (Å²) in [6.07, 6.45) is 8.29. The SMILES string of the molecule is CN(C)c1ncnc2ccc(N3CCN(Cc4cncn4C4CC4)CC3)cc12. The van der Waals surface area contributed by atoms with Crippen LogP contribution in [-0.2, 0) is 6.54 Å². The van der Waals surface area contributed by atoms with Crippen molar-refractivity contribution in [3.05, 3.63) is 42.7 Å². The first-order valence-corrected chi connectivity index (χ1v) is 10.1. The topological polar surface area (TPSA) is 53.3 Å². The molecular formula is C21H27N7. The van der Waals surface area contributed by atoms with Crippen molar-refractivity contribution in [3.8, 4) is 0 Å². The summed E-state index contributed by atoms with van der Waals surface area (Å²) in [4.78, 5) is 20.3. The summed E-state index contributed by atoms with van der Waals surface area (Å²) in [7, 11) is 4.05. The highest BCUT2D eigenvalue weighted by molar-refractivity contribution is 5.91. The van der Waals surface area contributed by atoms with Gasteiger partial charge in [-0.1, -0.05) is 0 Å². The van der Waals surface area contributed by atoms with Gasteiger partial charge in [0.1, 0.15) is 12.1 Å².